The number of hydrogen-bond acceptors (Lipinski definition) is 3. The molecule has 0 heterocycles. The van der Waals surface area contributed by atoms with E-state index >= 15 is 0 Å². The van der Waals surface area contributed by atoms with Gasteiger partial charge >= 0.3 is 0 Å². The molecule has 0 radical (unpaired) electrons. The van der Waals surface area contributed by atoms with Crippen LogP contribution < -0.4 is 4.74 Å². The Morgan fingerprint density at radius 3 is 2.71 bits per heavy atom. The van der Waals surface area contributed by atoms with Gasteiger partial charge in [0.2, 0.25) is 5.75 Å². The van der Waals surface area contributed by atoms with Crippen LogP contribution >= 0.6 is 11.6 Å². The summed E-state index contributed by atoms with van der Waals surface area (Å²) in [6.07, 6.45) is 3.46. The van der Waals surface area contributed by atoms with Gasteiger partial charge < -0.3 is 14.9 Å². The molecule has 0 aliphatic carbocycles. The van der Waals surface area contributed by atoms with Gasteiger partial charge in [-0.15, -0.1) is 11.6 Å². The lowest BCUT2D eigenvalue weighted by molar-refractivity contribution is 0.351. The van der Waals surface area contributed by atoms with Crippen LogP contribution in [0.5, 0.6) is 17.2 Å². The average Bonchev–Trinajstić information content (AvgIpc) is 2.19. The summed E-state index contributed by atoms with van der Waals surface area (Å²) in [5.41, 5.74) is 0.720. The molecule has 1 rings (SSSR count). The molecule has 0 amide bonds. The molecule has 14 heavy (non-hydrogen) atoms. The maximum Gasteiger partial charge on any atom is 0.200 e. The Hall–Kier alpha value is -1.35. The molecule has 0 aromatic heterocycles. The molecule has 2 N–H and O–H groups in total. The number of allylic oxidation sites excluding steroid dienone is 1. The van der Waals surface area contributed by atoms with Crippen LogP contribution in [0.15, 0.2) is 18.2 Å². The SMILES string of the molecule is COc1cc(C=CCCl)cc(O)c1O. The number of rotatable bonds is 3. The van der Waals surface area contributed by atoms with Gasteiger partial charge in [0, 0.05) is 5.88 Å². The molecule has 4 heteroatoms. The van der Waals surface area contributed by atoms with Gasteiger partial charge in [-0.05, 0) is 17.7 Å². The predicted octanol–water partition coefficient (Wildman–Crippen LogP) is 2.36. The van der Waals surface area contributed by atoms with Gasteiger partial charge in [0.05, 0.1) is 7.11 Å². The summed E-state index contributed by atoms with van der Waals surface area (Å²) in [5, 5.41) is 18.6. The third kappa shape index (κ3) is 2.33. The van der Waals surface area contributed by atoms with Crippen LogP contribution in [0.1, 0.15) is 5.56 Å². The highest BCUT2D eigenvalue weighted by Gasteiger charge is 2.07. The topological polar surface area (TPSA) is 49.7 Å². The lowest BCUT2D eigenvalue weighted by Crippen LogP contribution is -1.85. The standard InChI is InChI=1S/C10H11ClO3/c1-14-9-6-7(3-2-4-11)5-8(12)10(9)13/h2-3,5-6,12-13H,4H2,1H3. The second kappa shape index (κ2) is 4.77. The summed E-state index contributed by atoms with van der Waals surface area (Å²) in [4.78, 5) is 0. The highest BCUT2D eigenvalue weighted by Crippen LogP contribution is 2.36. The minimum Gasteiger partial charge on any atom is -0.504 e. The normalized spacial score (nSPS) is 10.7. The monoisotopic (exact) mass is 214 g/mol. The number of alkyl halides is 1. The number of hydrogen-bond donors (Lipinski definition) is 2. The van der Waals surface area contributed by atoms with E-state index in [0.717, 1.165) is 5.56 Å². The fourth-order valence-electron chi connectivity index (χ4n) is 1.05. The number of phenols is 2. The van der Waals surface area contributed by atoms with Crippen molar-refractivity contribution in [3.63, 3.8) is 0 Å². The zero-order chi connectivity index (χ0) is 10.6. The molecular weight excluding hydrogens is 204 g/mol. The summed E-state index contributed by atoms with van der Waals surface area (Å²) >= 11 is 5.47. The van der Waals surface area contributed by atoms with Crippen molar-refractivity contribution in [1.29, 1.82) is 0 Å². The summed E-state index contributed by atoms with van der Waals surface area (Å²) in [7, 11) is 1.42. The minimum absolute atomic E-state index is 0.210. The number of aromatic hydroxyl groups is 2. The first-order valence-corrected chi connectivity index (χ1v) is 4.55. The van der Waals surface area contributed by atoms with Crippen molar-refractivity contribution in [1.82, 2.24) is 0 Å². The van der Waals surface area contributed by atoms with E-state index in [0.29, 0.717) is 5.88 Å². The fourth-order valence-corrected chi connectivity index (χ4v) is 1.14. The van der Waals surface area contributed by atoms with Gasteiger partial charge in [-0.2, -0.15) is 0 Å². The minimum atomic E-state index is -0.254. The highest BCUT2D eigenvalue weighted by molar-refractivity contribution is 6.19. The highest BCUT2D eigenvalue weighted by atomic mass is 35.5. The van der Waals surface area contributed by atoms with Crippen molar-refractivity contribution < 1.29 is 14.9 Å². The average molecular weight is 215 g/mol. The van der Waals surface area contributed by atoms with Crippen molar-refractivity contribution in [2.24, 2.45) is 0 Å². The maximum absolute atomic E-state index is 9.32. The molecule has 0 unspecified atom stereocenters. The molecule has 0 fully saturated rings. The molecule has 0 spiro atoms. The quantitative estimate of drug-likeness (QED) is 0.600. The molecule has 76 valence electrons. The van der Waals surface area contributed by atoms with Gasteiger partial charge in [-0.3, -0.25) is 0 Å². The summed E-state index contributed by atoms with van der Waals surface area (Å²) in [6.45, 7) is 0. The summed E-state index contributed by atoms with van der Waals surface area (Å²) in [6, 6.07) is 3.04. The number of benzene rings is 1. The van der Waals surface area contributed by atoms with E-state index in [1.165, 1.54) is 13.2 Å². The molecule has 0 atom stereocenters. The zero-order valence-electron chi connectivity index (χ0n) is 7.70. The number of methoxy groups -OCH3 is 1. The van der Waals surface area contributed by atoms with E-state index in [2.05, 4.69) is 0 Å². The van der Waals surface area contributed by atoms with E-state index < -0.39 is 0 Å². The van der Waals surface area contributed by atoms with Gasteiger partial charge in [0.15, 0.2) is 11.5 Å². The van der Waals surface area contributed by atoms with Crippen molar-refractivity contribution in [2.45, 2.75) is 0 Å². The van der Waals surface area contributed by atoms with Crippen molar-refractivity contribution in [3.05, 3.63) is 23.8 Å². The molecule has 0 saturated carbocycles. The van der Waals surface area contributed by atoms with Gasteiger partial charge in [0.1, 0.15) is 0 Å². The van der Waals surface area contributed by atoms with E-state index in [9.17, 15) is 10.2 Å². The molecule has 0 aliphatic rings. The van der Waals surface area contributed by atoms with E-state index in [1.807, 2.05) is 0 Å². The fraction of sp³-hybridized carbons (Fsp3) is 0.200. The van der Waals surface area contributed by atoms with E-state index in [1.54, 1.807) is 18.2 Å². The maximum atomic E-state index is 9.32. The summed E-state index contributed by atoms with van der Waals surface area (Å²) in [5.74, 6) is 0.164. The number of ether oxygens (including phenoxy) is 1. The summed E-state index contributed by atoms with van der Waals surface area (Å²) < 4.78 is 4.87. The van der Waals surface area contributed by atoms with E-state index in [-0.39, 0.29) is 17.2 Å². The van der Waals surface area contributed by atoms with Crippen molar-refractivity contribution in [2.75, 3.05) is 13.0 Å². The smallest absolute Gasteiger partial charge is 0.200 e. The Labute approximate surface area is 87.2 Å². The third-order valence-electron chi connectivity index (χ3n) is 1.70. The van der Waals surface area contributed by atoms with Crippen LogP contribution in [0, 0.1) is 0 Å². The molecule has 0 bridgehead atoms. The Bertz CT molecular complexity index is 347. The zero-order valence-corrected chi connectivity index (χ0v) is 8.45. The number of phenolic OH excluding ortho intramolecular Hbond substituents is 2. The first-order chi connectivity index (χ1) is 6.69. The largest absolute Gasteiger partial charge is 0.504 e. The van der Waals surface area contributed by atoms with Crippen LogP contribution in [0.25, 0.3) is 6.08 Å². The lowest BCUT2D eigenvalue weighted by atomic mass is 10.1. The predicted molar refractivity (Wildman–Crippen MR) is 56.1 cm³/mol. The van der Waals surface area contributed by atoms with Crippen LogP contribution in [0.3, 0.4) is 0 Å². The molecule has 3 nitrogen and oxygen atoms in total. The Morgan fingerprint density at radius 2 is 2.14 bits per heavy atom. The first-order valence-electron chi connectivity index (χ1n) is 4.01. The van der Waals surface area contributed by atoms with Crippen molar-refractivity contribution >= 4 is 17.7 Å². The van der Waals surface area contributed by atoms with Crippen LogP contribution in [0.2, 0.25) is 0 Å². The van der Waals surface area contributed by atoms with Gasteiger partial charge in [-0.1, -0.05) is 12.2 Å². The van der Waals surface area contributed by atoms with Gasteiger partial charge in [-0.25, -0.2) is 0 Å². The van der Waals surface area contributed by atoms with Crippen molar-refractivity contribution in [3.8, 4) is 17.2 Å². The third-order valence-corrected chi connectivity index (χ3v) is 1.87. The molecule has 0 saturated heterocycles. The Morgan fingerprint density at radius 1 is 1.43 bits per heavy atom. The second-order valence-electron chi connectivity index (χ2n) is 2.65. The van der Waals surface area contributed by atoms with Crippen LogP contribution in [-0.2, 0) is 0 Å². The molecular formula is C10H11ClO3. The van der Waals surface area contributed by atoms with Crippen LogP contribution in [-0.4, -0.2) is 23.2 Å². The van der Waals surface area contributed by atoms with Gasteiger partial charge in [0.25, 0.3) is 0 Å². The van der Waals surface area contributed by atoms with E-state index in [4.69, 9.17) is 16.3 Å². The molecule has 1 aromatic rings. The molecule has 0 aliphatic heterocycles. The molecule has 1 aromatic carbocycles. The Kier molecular flexibility index (Phi) is 3.65. The second-order valence-corrected chi connectivity index (χ2v) is 2.96. The number of halogens is 1. The first kappa shape index (κ1) is 10.7. The van der Waals surface area contributed by atoms with Crippen LogP contribution in [0.4, 0.5) is 0 Å². The lowest BCUT2D eigenvalue weighted by Gasteiger charge is -2.06. The Balaban J connectivity index is 3.09.